The summed E-state index contributed by atoms with van der Waals surface area (Å²) in [6, 6.07) is 4.15. The molecule has 0 aromatic heterocycles. The van der Waals surface area contributed by atoms with Gasteiger partial charge in [-0.1, -0.05) is 41.8 Å². The normalized spacial score (nSPS) is 11.8. The summed E-state index contributed by atoms with van der Waals surface area (Å²) in [7, 11) is 0. The van der Waals surface area contributed by atoms with E-state index in [1.807, 2.05) is 26.0 Å². The highest BCUT2D eigenvalue weighted by Crippen LogP contribution is 2.20. The van der Waals surface area contributed by atoms with Crippen LogP contribution in [0, 0.1) is 6.92 Å². The van der Waals surface area contributed by atoms with Crippen LogP contribution in [0.15, 0.2) is 22.7 Å². The zero-order valence-corrected chi connectivity index (χ0v) is 13.2. The van der Waals surface area contributed by atoms with Crippen molar-refractivity contribution in [3.05, 3.63) is 28.2 Å². The van der Waals surface area contributed by atoms with Crippen molar-refractivity contribution < 1.29 is 14.7 Å². The maximum atomic E-state index is 11.9. The lowest BCUT2D eigenvalue weighted by atomic mass is 10.1. The minimum absolute atomic E-state index is 0.427. The van der Waals surface area contributed by atoms with Gasteiger partial charge in [0.05, 0.1) is 0 Å². The number of hydrogen-bond acceptors (Lipinski definition) is 2. The van der Waals surface area contributed by atoms with Crippen molar-refractivity contribution in [2.75, 3.05) is 5.32 Å². The van der Waals surface area contributed by atoms with Crippen molar-refractivity contribution in [2.24, 2.45) is 0 Å². The highest BCUT2D eigenvalue weighted by molar-refractivity contribution is 9.10. The zero-order valence-electron chi connectivity index (χ0n) is 11.6. The van der Waals surface area contributed by atoms with Gasteiger partial charge in [-0.3, -0.25) is 0 Å². The van der Waals surface area contributed by atoms with Crippen LogP contribution in [0.5, 0.6) is 0 Å². The maximum Gasteiger partial charge on any atom is 0.326 e. The van der Waals surface area contributed by atoms with Gasteiger partial charge in [0.1, 0.15) is 6.04 Å². The predicted molar refractivity (Wildman–Crippen MR) is 82.0 cm³/mol. The highest BCUT2D eigenvalue weighted by atomic mass is 79.9. The first-order chi connectivity index (χ1) is 9.43. The van der Waals surface area contributed by atoms with Crippen LogP contribution in [-0.2, 0) is 4.79 Å². The minimum atomic E-state index is -1.01. The molecule has 3 N–H and O–H groups in total. The van der Waals surface area contributed by atoms with Crippen LogP contribution in [0.1, 0.15) is 31.7 Å². The molecule has 0 aliphatic carbocycles. The van der Waals surface area contributed by atoms with Crippen molar-refractivity contribution in [2.45, 2.75) is 39.2 Å². The van der Waals surface area contributed by atoms with E-state index in [0.717, 1.165) is 22.9 Å². The molecular formula is C14H19BrN2O3. The number of urea groups is 1. The fourth-order valence-corrected chi connectivity index (χ4v) is 2.07. The summed E-state index contributed by atoms with van der Waals surface area (Å²) in [6.45, 7) is 3.84. The molecule has 0 spiro atoms. The molecule has 0 unspecified atom stereocenters. The fraction of sp³-hybridized carbons (Fsp3) is 0.429. The van der Waals surface area contributed by atoms with Crippen LogP contribution < -0.4 is 10.6 Å². The Morgan fingerprint density at radius 2 is 2.10 bits per heavy atom. The Bertz CT molecular complexity index is 491. The van der Waals surface area contributed by atoms with E-state index in [1.165, 1.54) is 0 Å². The summed E-state index contributed by atoms with van der Waals surface area (Å²) in [5.41, 5.74) is 1.56. The second kappa shape index (κ2) is 7.89. The number of halogens is 1. The molecule has 6 heteroatoms. The van der Waals surface area contributed by atoms with Crippen LogP contribution in [0.2, 0.25) is 0 Å². The molecule has 0 bridgehead atoms. The largest absolute Gasteiger partial charge is 0.480 e. The number of unbranched alkanes of at least 4 members (excludes halogenated alkanes) is 1. The van der Waals surface area contributed by atoms with E-state index >= 15 is 0 Å². The quantitative estimate of drug-likeness (QED) is 0.739. The van der Waals surface area contributed by atoms with Gasteiger partial charge in [-0.15, -0.1) is 0 Å². The maximum absolute atomic E-state index is 11.9. The Morgan fingerprint density at radius 3 is 2.70 bits per heavy atom. The summed E-state index contributed by atoms with van der Waals surface area (Å²) in [5.74, 6) is -1.01. The molecule has 0 aliphatic heterocycles. The first-order valence-corrected chi connectivity index (χ1v) is 7.29. The van der Waals surface area contributed by atoms with Gasteiger partial charge in [-0.05, 0) is 31.0 Å². The van der Waals surface area contributed by atoms with Crippen LogP contribution >= 0.6 is 15.9 Å². The Balaban J connectivity index is 2.65. The Morgan fingerprint density at radius 1 is 1.40 bits per heavy atom. The lowest BCUT2D eigenvalue weighted by Crippen LogP contribution is -2.43. The number of benzene rings is 1. The zero-order chi connectivity index (χ0) is 15.1. The molecule has 1 aromatic carbocycles. The van der Waals surface area contributed by atoms with E-state index in [1.54, 1.807) is 6.07 Å². The summed E-state index contributed by atoms with van der Waals surface area (Å²) < 4.78 is 0.846. The number of carboxylic acid groups (broad SMARTS) is 1. The molecular weight excluding hydrogens is 324 g/mol. The van der Waals surface area contributed by atoms with Gasteiger partial charge in [0.15, 0.2) is 0 Å². The average molecular weight is 343 g/mol. The number of nitrogens with one attached hydrogen (secondary N) is 2. The van der Waals surface area contributed by atoms with Crippen LogP contribution in [0.4, 0.5) is 10.5 Å². The smallest absolute Gasteiger partial charge is 0.326 e. The van der Waals surface area contributed by atoms with Gasteiger partial charge >= 0.3 is 12.0 Å². The van der Waals surface area contributed by atoms with E-state index in [9.17, 15) is 9.59 Å². The third kappa shape index (κ3) is 5.21. The molecule has 5 nitrogen and oxygen atoms in total. The van der Waals surface area contributed by atoms with Gasteiger partial charge < -0.3 is 15.7 Å². The highest BCUT2D eigenvalue weighted by Gasteiger charge is 2.19. The Kier molecular flexibility index (Phi) is 6.51. The van der Waals surface area contributed by atoms with Crippen molar-refractivity contribution in [3.63, 3.8) is 0 Å². The Labute approximate surface area is 126 Å². The number of aliphatic carboxylic acids is 1. The second-order valence-electron chi connectivity index (χ2n) is 4.59. The van der Waals surface area contributed by atoms with E-state index in [2.05, 4.69) is 26.6 Å². The third-order valence-corrected chi connectivity index (χ3v) is 3.39. The van der Waals surface area contributed by atoms with E-state index in [4.69, 9.17) is 5.11 Å². The SMILES string of the molecule is CCCC[C@H](NC(=O)Nc1cc(Br)ccc1C)C(=O)O. The van der Waals surface area contributed by atoms with Gasteiger partial charge in [-0.25, -0.2) is 9.59 Å². The summed E-state index contributed by atoms with van der Waals surface area (Å²) >= 11 is 3.33. The van der Waals surface area contributed by atoms with Gasteiger partial charge in [-0.2, -0.15) is 0 Å². The number of amides is 2. The molecule has 1 aromatic rings. The number of aryl methyl sites for hydroxylation is 1. The summed E-state index contributed by atoms with van der Waals surface area (Å²) in [5, 5.41) is 14.2. The predicted octanol–water partition coefficient (Wildman–Crippen LogP) is 3.52. The van der Waals surface area contributed by atoms with Gasteiger partial charge in [0.25, 0.3) is 0 Å². The lowest BCUT2D eigenvalue weighted by molar-refractivity contribution is -0.139. The van der Waals surface area contributed by atoms with Crippen molar-refractivity contribution in [3.8, 4) is 0 Å². The average Bonchev–Trinajstić information content (AvgIpc) is 2.38. The number of carboxylic acids is 1. The van der Waals surface area contributed by atoms with Crippen molar-refractivity contribution >= 4 is 33.6 Å². The molecule has 1 rings (SSSR count). The van der Waals surface area contributed by atoms with Crippen LogP contribution in [0.3, 0.4) is 0 Å². The van der Waals surface area contributed by atoms with Crippen molar-refractivity contribution in [1.82, 2.24) is 5.32 Å². The van der Waals surface area contributed by atoms with E-state index in [0.29, 0.717) is 12.1 Å². The molecule has 0 radical (unpaired) electrons. The Hall–Kier alpha value is -1.56. The summed E-state index contributed by atoms with van der Waals surface area (Å²) in [4.78, 5) is 22.9. The molecule has 0 aliphatic rings. The topological polar surface area (TPSA) is 78.4 Å². The monoisotopic (exact) mass is 342 g/mol. The van der Waals surface area contributed by atoms with Crippen LogP contribution in [-0.4, -0.2) is 23.1 Å². The first kappa shape index (κ1) is 16.5. The van der Waals surface area contributed by atoms with E-state index in [-0.39, 0.29) is 0 Å². The molecule has 1 atom stereocenters. The standard InChI is InChI=1S/C14H19BrN2O3/c1-3-4-5-11(13(18)19)16-14(20)17-12-8-10(15)7-6-9(12)2/h6-8,11H,3-5H2,1-2H3,(H,18,19)(H2,16,17,20)/t11-/m0/s1. The molecule has 110 valence electrons. The fourth-order valence-electron chi connectivity index (χ4n) is 1.71. The number of hydrogen-bond donors (Lipinski definition) is 3. The number of anilines is 1. The molecule has 20 heavy (non-hydrogen) atoms. The molecule has 0 fully saturated rings. The van der Waals surface area contributed by atoms with Gasteiger partial charge in [0, 0.05) is 10.2 Å². The van der Waals surface area contributed by atoms with Crippen molar-refractivity contribution in [1.29, 1.82) is 0 Å². The molecule has 0 saturated carbocycles. The van der Waals surface area contributed by atoms with Crippen LogP contribution in [0.25, 0.3) is 0 Å². The molecule has 2 amide bonds. The van der Waals surface area contributed by atoms with Gasteiger partial charge in [0.2, 0.25) is 0 Å². The van der Waals surface area contributed by atoms with E-state index < -0.39 is 18.0 Å². The molecule has 0 heterocycles. The second-order valence-corrected chi connectivity index (χ2v) is 5.51. The molecule has 0 saturated heterocycles. The number of carbonyl (C=O) groups is 2. The lowest BCUT2D eigenvalue weighted by Gasteiger charge is -2.15. The minimum Gasteiger partial charge on any atom is -0.480 e. The summed E-state index contributed by atoms with van der Waals surface area (Å²) in [6.07, 6.45) is 2.07. The number of rotatable bonds is 6. The number of carbonyl (C=O) groups excluding carboxylic acids is 1. The third-order valence-electron chi connectivity index (χ3n) is 2.90. The first-order valence-electron chi connectivity index (χ1n) is 6.50.